The first-order valence-electron chi connectivity index (χ1n) is 9.02. The van der Waals surface area contributed by atoms with Crippen molar-refractivity contribution < 1.29 is 14.7 Å². The number of imide groups is 1. The van der Waals surface area contributed by atoms with Gasteiger partial charge in [-0.3, -0.25) is 14.9 Å². The molecule has 138 valence electrons. The van der Waals surface area contributed by atoms with Crippen molar-refractivity contribution in [2.75, 3.05) is 29.4 Å². The number of benzene rings is 2. The summed E-state index contributed by atoms with van der Waals surface area (Å²) in [5.41, 5.74) is 2.56. The number of carbonyl (C=O) groups excluding carboxylic acids is 2. The van der Waals surface area contributed by atoms with E-state index in [0.29, 0.717) is 12.0 Å². The standard InChI is InChI=1S/C21H21N3O3/c25-19-8-4-7-17(13-19)24-10-9-23(16-5-2-1-3-6-16)14-18(24)11-15-12-20(26)22-21(15)27/h1-8,12-13,18,25H,9-11,14H2,(H,22,26,27). The Morgan fingerprint density at radius 2 is 1.78 bits per heavy atom. The molecule has 0 saturated carbocycles. The number of hydrogen-bond acceptors (Lipinski definition) is 5. The summed E-state index contributed by atoms with van der Waals surface area (Å²) < 4.78 is 0. The van der Waals surface area contributed by atoms with E-state index in [2.05, 4.69) is 27.2 Å². The van der Waals surface area contributed by atoms with Crippen LogP contribution in [0.15, 0.2) is 66.2 Å². The Kier molecular flexibility index (Phi) is 4.54. The van der Waals surface area contributed by atoms with Gasteiger partial charge in [0.25, 0.3) is 11.8 Å². The molecule has 2 heterocycles. The van der Waals surface area contributed by atoms with E-state index in [1.807, 2.05) is 30.3 Å². The average molecular weight is 363 g/mol. The molecule has 0 spiro atoms. The maximum Gasteiger partial charge on any atom is 0.254 e. The molecule has 2 aromatic rings. The smallest absolute Gasteiger partial charge is 0.254 e. The molecule has 0 bridgehead atoms. The zero-order chi connectivity index (χ0) is 18.8. The number of amides is 2. The highest BCUT2D eigenvalue weighted by Crippen LogP contribution is 2.29. The van der Waals surface area contributed by atoms with Gasteiger partial charge >= 0.3 is 0 Å². The van der Waals surface area contributed by atoms with E-state index in [1.54, 1.807) is 12.1 Å². The molecular formula is C21H21N3O3. The van der Waals surface area contributed by atoms with E-state index in [1.165, 1.54) is 6.08 Å². The number of rotatable bonds is 4. The maximum atomic E-state index is 12.0. The summed E-state index contributed by atoms with van der Waals surface area (Å²) in [4.78, 5) is 28.1. The fourth-order valence-corrected chi connectivity index (χ4v) is 3.77. The molecule has 0 aliphatic carbocycles. The first-order valence-corrected chi connectivity index (χ1v) is 9.02. The van der Waals surface area contributed by atoms with E-state index in [4.69, 9.17) is 0 Å². The molecule has 6 heteroatoms. The minimum atomic E-state index is -0.352. The number of nitrogens with zero attached hydrogens (tertiary/aromatic N) is 2. The van der Waals surface area contributed by atoms with Gasteiger partial charge in [0.15, 0.2) is 0 Å². The highest BCUT2D eigenvalue weighted by molar-refractivity contribution is 6.16. The van der Waals surface area contributed by atoms with Crippen LogP contribution in [0, 0.1) is 0 Å². The fraction of sp³-hybridized carbons (Fsp3) is 0.238. The predicted octanol–water partition coefficient (Wildman–Crippen LogP) is 2.06. The molecule has 27 heavy (non-hydrogen) atoms. The summed E-state index contributed by atoms with van der Waals surface area (Å²) in [7, 11) is 0. The molecule has 2 aliphatic rings. The molecule has 2 aromatic carbocycles. The summed E-state index contributed by atoms with van der Waals surface area (Å²) in [6, 6.07) is 17.3. The second-order valence-corrected chi connectivity index (χ2v) is 6.84. The van der Waals surface area contributed by atoms with Crippen LogP contribution in [0.3, 0.4) is 0 Å². The molecule has 2 amide bonds. The molecule has 0 radical (unpaired) electrons. The number of para-hydroxylation sites is 1. The first kappa shape index (κ1) is 17.1. The number of anilines is 2. The second-order valence-electron chi connectivity index (χ2n) is 6.84. The van der Waals surface area contributed by atoms with E-state index < -0.39 is 0 Å². The Balaban J connectivity index is 1.61. The lowest BCUT2D eigenvalue weighted by molar-refractivity contribution is -0.123. The molecule has 2 aliphatic heterocycles. The molecule has 1 saturated heterocycles. The van der Waals surface area contributed by atoms with Crippen LogP contribution in [0.5, 0.6) is 5.75 Å². The fourth-order valence-electron chi connectivity index (χ4n) is 3.77. The van der Waals surface area contributed by atoms with Crippen LogP contribution in [-0.2, 0) is 9.59 Å². The van der Waals surface area contributed by atoms with Gasteiger partial charge in [0, 0.05) is 55.1 Å². The lowest BCUT2D eigenvalue weighted by Gasteiger charge is -2.44. The zero-order valence-electron chi connectivity index (χ0n) is 14.8. The lowest BCUT2D eigenvalue weighted by Crippen LogP contribution is -2.54. The van der Waals surface area contributed by atoms with Gasteiger partial charge in [0.05, 0.1) is 6.04 Å². The number of nitrogens with one attached hydrogen (secondary N) is 1. The summed E-state index contributed by atoms with van der Waals surface area (Å²) in [6.07, 6.45) is 1.86. The average Bonchev–Trinajstić information content (AvgIpc) is 2.99. The van der Waals surface area contributed by atoms with E-state index in [9.17, 15) is 14.7 Å². The molecule has 4 rings (SSSR count). The zero-order valence-corrected chi connectivity index (χ0v) is 14.8. The first-order chi connectivity index (χ1) is 13.1. The van der Waals surface area contributed by atoms with Gasteiger partial charge in [-0.25, -0.2) is 0 Å². The largest absolute Gasteiger partial charge is 0.508 e. The number of hydrogen-bond donors (Lipinski definition) is 2. The Morgan fingerprint density at radius 1 is 1.00 bits per heavy atom. The van der Waals surface area contributed by atoms with Crippen molar-refractivity contribution >= 4 is 23.2 Å². The van der Waals surface area contributed by atoms with Crippen molar-refractivity contribution in [2.45, 2.75) is 12.5 Å². The van der Waals surface area contributed by atoms with E-state index >= 15 is 0 Å². The van der Waals surface area contributed by atoms with Crippen LogP contribution < -0.4 is 15.1 Å². The Labute approximate surface area is 157 Å². The van der Waals surface area contributed by atoms with Crippen LogP contribution in [0.25, 0.3) is 0 Å². The van der Waals surface area contributed by atoms with Crippen LogP contribution in [0.4, 0.5) is 11.4 Å². The third-order valence-corrected chi connectivity index (χ3v) is 5.05. The monoisotopic (exact) mass is 363 g/mol. The quantitative estimate of drug-likeness (QED) is 0.814. The van der Waals surface area contributed by atoms with Gasteiger partial charge in [0.2, 0.25) is 0 Å². The molecule has 1 fully saturated rings. The van der Waals surface area contributed by atoms with Crippen molar-refractivity contribution in [3.05, 3.63) is 66.2 Å². The Morgan fingerprint density at radius 3 is 2.48 bits per heavy atom. The number of aromatic hydroxyl groups is 1. The van der Waals surface area contributed by atoms with Crippen LogP contribution >= 0.6 is 0 Å². The van der Waals surface area contributed by atoms with Gasteiger partial charge in [-0.05, 0) is 24.3 Å². The molecule has 1 atom stereocenters. The summed E-state index contributed by atoms with van der Waals surface area (Å²) >= 11 is 0. The summed E-state index contributed by atoms with van der Waals surface area (Å²) in [5.74, 6) is -0.452. The van der Waals surface area contributed by atoms with Gasteiger partial charge < -0.3 is 14.9 Å². The van der Waals surface area contributed by atoms with Crippen molar-refractivity contribution in [2.24, 2.45) is 0 Å². The van der Waals surface area contributed by atoms with Gasteiger partial charge in [0.1, 0.15) is 5.75 Å². The van der Waals surface area contributed by atoms with Crippen molar-refractivity contribution in [1.29, 1.82) is 0 Å². The molecule has 6 nitrogen and oxygen atoms in total. The topological polar surface area (TPSA) is 72.9 Å². The third kappa shape index (κ3) is 3.65. The van der Waals surface area contributed by atoms with Crippen molar-refractivity contribution in [1.82, 2.24) is 5.32 Å². The van der Waals surface area contributed by atoms with Gasteiger partial charge in [-0.15, -0.1) is 0 Å². The minimum Gasteiger partial charge on any atom is -0.508 e. The normalized spacial score (nSPS) is 19.9. The predicted molar refractivity (Wildman–Crippen MR) is 104 cm³/mol. The summed E-state index contributed by atoms with van der Waals surface area (Å²) in [5, 5.41) is 12.2. The third-order valence-electron chi connectivity index (χ3n) is 5.05. The van der Waals surface area contributed by atoms with Gasteiger partial charge in [-0.1, -0.05) is 24.3 Å². The van der Waals surface area contributed by atoms with Crippen molar-refractivity contribution in [3.8, 4) is 5.75 Å². The molecule has 1 unspecified atom stereocenters. The number of carbonyl (C=O) groups is 2. The number of piperazine rings is 1. The maximum absolute atomic E-state index is 12.0. The second kappa shape index (κ2) is 7.15. The lowest BCUT2D eigenvalue weighted by atomic mass is 10.0. The minimum absolute atomic E-state index is 0.00339. The highest BCUT2D eigenvalue weighted by Gasteiger charge is 2.31. The molecule has 0 aromatic heterocycles. The Bertz CT molecular complexity index is 895. The highest BCUT2D eigenvalue weighted by atomic mass is 16.3. The summed E-state index contributed by atoms with van der Waals surface area (Å²) in [6.45, 7) is 2.31. The SMILES string of the molecule is O=C1C=C(CC2CN(c3ccccc3)CCN2c2cccc(O)c2)C(=O)N1. The molecular weight excluding hydrogens is 342 g/mol. The molecule has 2 N–H and O–H groups in total. The number of phenolic OH excluding ortho intramolecular Hbond substituents is 1. The Hall–Kier alpha value is -3.28. The van der Waals surface area contributed by atoms with Crippen molar-refractivity contribution in [3.63, 3.8) is 0 Å². The van der Waals surface area contributed by atoms with Crippen LogP contribution in [0.1, 0.15) is 6.42 Å². The number of phenols is 1. The van der Waals surface area contributed by atoms with Gasteiger partial charge in [-0.2, -0.15) is 0 Å². The van der Waals surface area contributed by atoms with Crippen LogP contribution in [-0.4, -0.2) is 42.6 Å². The van der Waals surface area contributed by atoms with E-state index in [0.717, 1.165) is 31.0 Å². The van der Waals surface area contributed by atoms with E-state index in [-0.39, 0.29) is 23.6 Å². The van der Waals surface area contributed by atoms with Crippen LogP contribution in [0.2, 0.25) is 0 Å².